The zero-order valence-corrected chi connectivity index (χ0v) is 8.44. The third kappa shape index (κ3) is 6.28. The summed E-state index contributed by atoms with van der Waals surface area (Å²) < 4.78 is 0.646. The molecule has 4 heteroatoms. The Labute approximate surface area is 74.9 Å². The Hall–Kier alpha value is 0.160. The third-order valence-electron chi connectivity index (χ3n) is 0.880. The van der Waals surface area contributed by atoms with Gasteiger partial charge in [-0.3, -0.25) is 4.79 Å². The van der Waals surface area contributed by atoms with Crippen molar-refractivity contribution in [1.82, 2.24) is 5.32 Å². The first-order valence-electron chi connectivity index (χ1n) is 3.07. The fraction of sp³-hybridized carbons (Fsp3) is 0.833. The van der Waals surface area contributed by atoms with Crippen molar-refractivity contribution in [3.63, 3.8) is 0 Å². The molecule has 0 atom stereocenters. The number of alkyl halides is 1. The Morgan fingerprint density at radius 2 is 2.20 bits per heavy atom. The lowest BCUT2D eigenvalue weighted by Crippen LogP contribution is -2.38. The SMILES string of the molecule is CC(C)(N)CC(=O)NCI. The van der Waals surface area contributed by atoms with Crippen LogP contribution < -0.4 is 11.1 Å². The van der Waals surface area contributed by atoms with Crippen LogP contribution in [0.5, 0.6) is 0 Å². The van der Waals surface area contributed by atoms with Gasteiger partial charge in [-0.15, -0.1) is 0 Å². The van der Waals surface area contributed by atoms with Crippen molar-refractivity contribution in [2.75, 3.05) is 4.55 Å². The van der Waals surface area contributed by atoms with E-state index in [0.29, 0.717) is 11.0 Å². The summed E-state index contributed by atoms with van der Waals surface area (Å²) in [7, 11) is 0. The van der Waals surface area contributed by atoms with E-state index in [1.54, 1.807) is 0 Å². The minimum absolute atomic E-state index is 0.0156. The first-order valence-corrected chi connectivity index (χ1v) is 4.60. The Balaban J connectivity index is 3.58. The van der Waals surface area contributed by atoms with Crippen molar-refractivity contribution in [2.45, 2.75) is 25.8 Å². The Kier molecular flexibility index (Phi) is 4.19. The van der Waals surface area contributed by atoms with Gasteiger partial charge in [0.25, 0.3) is 0 Å². The molecular weight excluding hydrogens is 243 g/mol. The van der Waals surface area contributed by atoms with Crippen molar-refractivity contribution >= 4 is 28.5 Å². The number of carbonyl (C=O) groups excluding carboxylic acids is 1. The summed E-state index contributed by atoms with van der Waals surface area (Å²) in [5.41, 5.74) is 5.21. The van der Waals surface area contributed by atoms with Crippen molar-refractivity contribution in [2.24, 2.45) is 5.73 Å². The first kappa shape index (κ1) is 10.2. The summed E-state index contributed by atoms with van der Waals surface area (Å²) in [5.74, 6) is 0.0156. The van der Waals surface area contributed by atoms with E-state index in [2.05, 4.69) is 27.9 Å². The van der Waals surface area contributed by atoms with E-state index >= 15 is 0 Å². The molecule has 0 rings (SSSR count). The maximum atomic E-state index is 10.9. The molecule has 0 radical (unpaired) electrons. The Bertz CT molecular complexity index is 119. The highest BCUT2D eigenvalue weighted by molar-refractivity contribution is 14.1. The van der Waals surface area contributed by atoms with Gasteiger partial charge in [0.05, 0.1) is 4.55 Å². The van der Waals surface area contributed by atoms with Crippen LogP contribution in [0.15, 0.2) is 0 Å². The summed E-state index contributed by atoms with van der Waals surface area (Å²) in [6.45, 7) is 3.67. The zero-order valence-electron chi connectivity index (χ0n) is 6.28. The number of nitrogens with one attached hydrogen (secondary N) is 1. The van der Waals surface area contributed by atoms with Gasteiger partial charge < -0.3 is 11.1 Å². The molecule has 0 heterocycles. The zero-order chi connectivity index (χ0) is 8.20. The van der Waals surface area contributed by atoms with Crippen molar-refractivity contribution < 1.29 is 4.79 Å². The average molecular weight is 256 g/mol. The average Bonchev–Trinajstić information content (AvgIpc) is 1.59. The van der Waals surface area contributed by atoms with Gasteiger partial charge in [-0.2, -0.15) is 0 Å². The molecule has 0 aliphatic heterocycles. The number of halogens is 1. The molecule has 0 aromatic carbocycles. The minimum atomic E-state index is -0.393. The summed E-state index contributed by atoms with van der Waals surface area (Å²) in [6.07, 6.45) is 0.385. The molecular formula is C6H13IN2O. The van der Waals surface area contributed by atoms with Gasteiger partial charge >= 0.3 is 0 Å². The molecule has 3 nitrogen and oxygen atoms in total. The predicted molar refractivity (Wildman–Crippen MR) is 49.9 cm³/mol. The number of nitrogens with two attached hydrogens (primary N) is 1. The molecule has 0 aromatic rings. The number of hydrogen-bond donors (Lipinski definition) is 2. The van der Waals surface area contributed by atoms with E-state index in [4.69, 9.17) is 5.73 Å². The molecule has 0 saturated carbocycles. The van der Waals surface area contributed by atoms with Crippen LogP contribution in [0.1, 0.15) is 20.3 Å². The first-order chi connectivity index (χ1) is 4.45. The molecule has 1 amide bonds. The van der Waals surface area contributed by atoms with Gasteiger partial charge in [0.1, 0.15) is 0 Å². The number of amides is 1. The smallest absolute Gasteiger partial charge is 0.222 e. The highest BCUT2D eigenvalue weighted by atomic mass is 127. The molecule has 0 aliphatic rings. The van der Waals surface area contributed by atoms with Crippen LogP contribution in [0.25, 0.3) is 0 Å². The third-order valence-corrected chi connectivity index (χ3v) is 1.26. The van der Waals surface area contributed by atoms with Crippen molar-refractivity contribution in [3.05, 3.63) is 0 Å². The normalized spacial score (nSPS) is 11.2. The van der Waals surface area contributed by atoms with Crippen LogP contribution in [0.2, 0.25) is 0 Å². The molecule has 0 fully saturated rings. The molecule has 60 valence electrons. The van der Waals surface area contributed by atoms with Crippen LogP contribution in [0.4, 0.5) is 0 Å². The Morgan fingerprint density at radius 1 is 1.70 bits per heavy atom. The molecule has 0 aromatic heterocycles. The van der Waals surface area contributed by atoms with Gasteiger partial charge in [-0.25, -0.2) is 0 Å². The largest absolute Gasteiger partial charge is 0.347 e. The standard InChI is InChI=1S/C6H13IN2O/c1-6(2,8)3-5(10)9-4-7/h3-4,8H2,1-2H3,(H,9,10). The molecule has 3 N–H and O–H groups in total. The topological polar surface area (TPSA) is 55.1 Å². The molecule has 0 bridgehead atoms. The van der Waals surface area contributed by atoms with E-state index in [9.17, 15) is 4.79 Å². The maximum Gasteiger partial charge on any atom is 0.222 e. The second-order valence-corrected chi connectivity index (χ2v) is 3.66. The summed E-state index contributed by atoms with van der Waals surface area (Å²) in [6, 6.07) is 0. The van der Waals surface area contributed by atoms with Crippen LogP contribution in [-0.4, -0.2) is 16.0 Å². The van der Waals surface area contributed by atoms with Gasteiger partial charge in [0.2, 0.25) is 5.91 Å². The van der Waals surface area contributed by atoms with Crippen LogP contribution in [0, 0.1) is 0 Å². The van der Waals surface area contributed by atoms with Crippen molar-refractivity contribution in [3.8, 4) is 0 Å². The van der Waals surface area contributed by atoms with Gasteiger partial charge in [-0.05, 0) is 13.8 Å². The van der Waals surface area contributed by atoms with Gasteiger partial charge in [0.15, 0.2) is 0 Å². The summed E-state index contributed by atoms with van der Waals surface area (Å²) in [4.78, 5) is 10.9. The molecule has 0 unspecified atom stereocenters. The Morgan fingerprint density at radius 3 is 2.50 bits per heavy atom. The summed E-state index contributed by atoms with van der Waals surface area (Å²) in [5, 5.41) is 2.67. The second-order valence-electron chi connectivity index (χ2n) is 2.90. The van der Waals surface area contributed by atoms with E-state index in [1.807, 2.05) is 13.8 Å². The minimum Gasteiger partial charge on any atom is -0.347 e. The number of carbonyl (C=O) groups is 1. The van der Waals surface area contributed by atoms with E-state index in [-0.39, 0.29) is 5.91 Å². The van der Waals surface area contributed by atoms with Crippen molar-refractivity contribution in [1.29, 1.82) is 0 Å². The molecule has 0 aliphatic carbocycles. The van der Waals surface area contributed by atoms with Crippen LogP contribution in [0.3, 0.4) is 0 Å². The highest BCUT2D eigenvalue weighted by Crippen LogP contribution is 2.02. The van der Waals surface area contributed by atoms with E-state index < -0.39 is 5.54 Å². The number of rotatable bonds is 3. The predicted octanol–water partition coefficient (Wildman–Crippen LogP) is 0.622. The highest BCUT2D eigenvalue weighted by Gasteiger charge is 2.14. The molecule has 10 heavy (non-hydrogen) atoms. The maximum absolute atomic E-state index is 10.9. The van der Waals surface area contributed by atoms with Gasteiger partial charge in [-0.1, -0.05) is 22.6 Å². The number of hydrogen-bond acceptors (Lipinski definition) is 2. The lowest BCUT2D eigenvalue weighted by molar-refractivity contribution is -0.121. The van der Waals surface area contributed by atoms with E-state index in [0.717, 1.165) is 0 Å². The van der Waals surface area contributed by atoms with Gasteiger partial charge in [0, 0.05) is 12.0 Å². The lowest BCUT2D eigenvalue weighted by Gasteiger charge is -2.16. The molecule has 0 spiro atoms. The van der Waals surface area contributed by atoms with Crippen LogP contribution >= 0.6 is 22.6 Å². The lowest BCUT2D eigenvalue weighted by atomic mass is 10.0. The molecule has 0 saturated heterocycles. The quantitative estimate of drug-likeness (QED) is 0.442. The fourth-order valence-electron chi connectivity index (χ4n) is 0.551. The van der Waals surface area contributed by atoms with Crippen LogP contribution in [-0.2, 0) is 4.79 Å². The second kappa shape index (κ2) is 4.12. The fourth-order valence-corrected chi connectivity index (χ4v) is 0.976. The summed E-state index contributed by atoms with van der Waals surface area (Å²) >= 11 is 2.08. The monoisotopic (exact) mass is 256 g/mol. The van der Waals surface area contributed by atoms with E-state index in [1.165, 1.54) is 0 Å².